The van der Waals surface area contributed by atoms with Gasteiger partial charge in [-0.3, -0.25) is 14.4 Å². The molecule has 0 aromatic rings. The SMILES string of the molecule is CCCCCCCCCCCCCCCCCC(CCCCCCCC(=O)NCC(=O)O)OC(=O)CCCCCCCCC. The van der Waals surface area contributed by atoms with Crippen LogP contribution in [0.25, 0.3) is 0 Å². The maximum absolute atomic E-state index is 12.6. The highest BCUT2D eigenvalue weighted by Gasteiger charge is 2.14. The van der Waals surface area contributed by atoms with Crippen LogP contribution in [-0.4, -0.2) is 35.6 Å². The van der Waals surface area contributed by atoms with Crippen LogP contribution >= 0.6 is 0 Å². The van der Waals surface area contributed by atoms with Crippen LogP contribution < -0.4 is 5.32 Å². The molecule has 2 N–H and O–H groups in total. The van der Waals surface area contributed by atoms with E-state index < -0.39 is 5.97 Å². The second-order valence-corrected chi connectivity index (χ2v) is 13.2. The van der Waals surface area contributed by atoms with E-state index in [-0.39, 0.29) is 24.5 Å². The van der Waals surface area contributed by atoms with E-state index >= 15 is 0 Å². The van der Waals surface area contributed by atoms with Crippen molar-refractivity contribution in [3.63, 3.8) is 0 Å². The molecule has 0 aliphatic rings. The zero-order valence-electron chi connectivity index (χ0n) is 29.3. The molecule has 0 aliphatic heterocycles. The summed E-state index contributed by atoms with van der Waals surface area (Å²) in [6.45, 7) is 4.21. The van der Waals surface area contributed by atoms with Crippen LogP contribution in [-0.2, 0) is 19.1 Å². The number of nitrogens with one attached hydrogen (secondary N) is 1. The van der Waals surface area contributed by atoms with Gasteiger partial charge in [0, 0.05) is 12.8 Å². The maximum Gasteiger partial charge on any atom is 0.322 e. The van der Waals surface area contributed by atoms with Crippen molar-refractivity contribution in [3.05, 3.63) is 0 Å². The number of ether oxygens (including phenoxy) is 1. The number of carbonyl (C=O) groups is 3. The van der Waals surface area contributed by atoms with Gasteiger partial charge in [0.05, 0.1) is 0 Å². The number of hydrogen-bond donors (Lipinski definition) is 2. The van der Waals surface area contributed by atoms with E-state index in [1.54, 1.807) is 0 Å². The number of hydrogen-bond acceptors (Lipinski definition) is 4. The molecule has 260 valence electrons. The number of carbonyl (C=O) groups excluding carboxylic acids is 2. The summed E-state index contributed by atoms with van der Waals surface area (Å²) in [6, 6.07) is 0. The molecule has 44 heavy (non-hydrogen) atoms. The molecule has 0 rings (SSSR count). The highest BCUT2D eigenvalue weighted by Crippen LogP contribution is 2.19. The third-order valence-electron chi connectivity index (χ3n) is 8.78. The average molecular weight is 624 g/mol. The van der Waals surface area contributed by atoms with Crippen molar-refractivity contribution in [2.24, 2.45) is 0 Å². The number of amides is 1. The Kier molecular flexibility index (Phi) is 33.0. The first kappa shape index (κ1) is 42.4. The molecule has 0 saturated heterocycles. The standard InChI is InChI=1S/C38H73NO5/c1-3-5-7-9-11-12-13-14-15-16-17-18-20-22-26-30-35(44-38(43)33-29-25-19-10-8-6-4-2)31-27-23-21-24-28-32-36(40)39-34-37(41)42/h35H,3-34H2,1-2H3,(H,39,40)(H,41,42). The Morgan fingerprint density at radius 3 is 1.23 bits per heavy atom. The topological polar surface area (TPSA) is 92.7 Å². The lowest BCUT2D eigenvalue weighted by Crippen LogP contribution is -2.28. The third kappa shape index (κ3) is 33.3. The van der Waals surface area contributed by atoms with E-state index in [1.165, 1.54) is 122 Å². The summed E-state index contributed by atoms with van der Waals surface area (Å²) in [6.07, 6.45) is 36.6. The summed E-state index contributed by atoms with van der Waals surface area (Å²) in [4.78, 5) is 34.8. The Balaban J connectivity index is 4.08. The van der Waals surface area contributed by atoms with Crippen LogP contribution in [0.1, 0.15) is 213 Å². The van der Waals surface area contributed by atoms with Crippen LogP contribution in [0, 0.1) is 0 Å². The normalized spacial score (nSPS) is 11.9. The molecule has 1 unspecified atom stereocenters. The second kappa shape index (κ2) is 34.3. The molecule has 6 heteroatoms. The zero-order chi connectivity index (χ0) is 32.4. The summed E-state index contributed by atoms with van der Waals surface area (Å²) in [5.74, 6) is -1.22. The van der Waals surface area contributed by atoms with Gasteiger partial charge in [-0.05, 0) is 38.5 Å². The Morgan fingerprint density at radius 2 is 0.841 bits per heavy atom. The van der Waals surface area contributed by atoms with E-state index in [0.717, 1.165) is 64.2 Å². The minimum absolute atomic E-state index is 0.0168. The predicted molar refractivity (Wildman–Crippen MR) is 185 cm³/mol. The van der Waals surface area contributed by atoms with E-state index in [4.69, 9.17) is 9.84 Å². The molecule has 0 heterocycles. The lowest BCUT2D eigenvalue weighted by Gasteiger charge is -2.18. The van der Waals surface area contributed by atoms with Gasteiger partial charge >= 0.3 is 11.9 Å². The van der Waals surface area contributed by atoms with Crippen LogP contribution in [0.5, 0.6) is 0 Å². The number of unbranched alkanes of at least 4 members (excludes halogenated alkanes) is 24. The van der Waals surface area contributed by atoms with Crippen molar-refractivity contribution >= 4 is 17.8 Å². The molecule has 6 nitrogen and oxygen atoms in total. The van der Waals surface area contributed by atoms with Gasteiger partial charge in [0.1, 0.15) is 12.6 Å². The monoisotopic (exact) mass is 624 g/mol. The summed E-state index contributed by atoms with van der Waals surface area (Å²) < 4.78 is 5.98. The van der Waals surface area contributed by atoms with Gasteiger partial charge < -0.3 is 15.2 Å². The molecular weight excluding hydrogens is 550 g/mol. The fourth-order valence-electron chi connectivity index (χ4n) is 5.93. The van der Waals surface area contributed by atoms with Gasteiger partial charge in [-0.1, -0.05) is 162 Å². The molecule has 0 aromatic carbocycles. The highest BCUT2D eigenvalue weighted by molar-refractivity contribution is 5.80. The lowest BCUT2D eigenvalue weighted by molar-refractivity contribution is -0.150. The molecule has 1 atom stereocenters. The number of rotatable bonds is 35. The van der Waals surface area contributed by atoms with E-state index in [2.05, 4.69) is 19.2 Å². The summed E-state index contributed by atoms with van der Waals surface area (Å²) >= 11 is 0. The average Bonchev–Trinajstić information content (AvgIpc) is 3.00. The quantitative estimate of drug-likeness (QED) is 0.0541. The minimum Gasteiger partial charge on any atom is -0.480 e. The molecule has 0 fully saturated rings. The number of aliphatic carboxylic acids is 1. The Bertz CT molecular complexity index is 653. The van der Waals surface area contributed by atoms with Gasteiger partial charge in [0.15, 0.2) is 0 Å². The first-order valence-corrected chi connectivity index (χ1v) is 19.2. The van der Waals surface area contributed by atoms with Gasteiger partial charge in [-0.25, -0.2) is 0 Å². The van der Waals surface area contributed by atoms with Crippen LogP contribution in [0.15, 0.2) is 0 Å². The van der Waals surface area contributed by atoms with Crippen molar-refractivity contribution in [1.82, 2.24) is 5.32 Å². The summed E-state index contributed by atoms with van der Waals surface area (Å²) in [7, 11) is 0. The molecular formula is C38H73NO5. The molecule has 0 saturated carbocycles. The highest BCUT2D eigenvalue weighted by atomic mass is 16.5. The van der Waals surface area contributed by atoms with Crippen molar-refractivity contribution in [1.29, 1.82) is 0 Å². The predicted octanol–water partition coefficient (Wildman–Crippen LogP) is 11.2. The fraction of sp³-hybridized carbons (Fsp3) is 0.921. The van der Waals surface area contributed by atoms with Gasteiger partial charge in [-0.2, -0.15) is 0 Å². The van der Waals surface area contributed by atoms with Gasteiger partial charge in [0.25, 0.3) is 0 Å². The first-order chi connectivity index (χ1) is 21.5. The number of carboxylic acids is 1. The fourth-order valence-corrected chi connectivity index (χ4v) is 5.93. The first-order valence-electron chi connectivity index (χ1n) is 19.2. The van der Waals surface area contributed by atoms with Crippen LogP contribution in [0.3, 0.4) is 0 Å². The maximum atomic E-state index is 12.6. The second-order valence-electron chi connectivity index (χ2n) is 13.2. The van der Waals surface area contributed by atoms with Crippen molar-refractivity contribution < 1.29 is 24.2 Å². The molecule has 0 aliphatic carbocycles. The van der Waals surface area contributed by atoms with E-state index in [1.807, 2.05) is 0 Å². The smallest absolute Gasteiger partial charge is 0.322 e. The van der Waals surface area contributed by atoms with Crippen molar-refractivity contribution in [3.8, 4) is 0 Å². The molecule has 0 radical (unpaired) electrons. The molecule has 0 bridgehead atoms. The Morgan fingerprint density at radius 1 is 0.500 bits per heavy atom. The molecule has 1 amide bonds. The van der Waals surface area contributed by atoms with E-state index in [0.29, 0.717) is 12.8 Å². The van der Waals surface area contributed by atoms with E-state index in [9.17, 15) is 14.4 Å². The van der Waals surface area contributed by atoms with Gasteiger partial charge in [0.2, 0.25) is 5.91 Å². The number of carboxylic acid groups (broad SMARTS) is 1. The Hall–Kier alpha value is -1.59. The van der Waals surface area contributed by atoms with Crippen LogP contribution in [0.4, 0.5) is 0 Å². The van der Waals surface area contributed by atoms with Crippen LogP contribution in [0.2, 0.25) is 0 Å². The molecule has 0 spiro atoms. The van der Waals surface area contributed by atoms with Gasteiger partial charge in [-0.15, -0.1) is 0 Å². The number of esters is 1. The van der Waals surface area contributed by atoms with Crippen molar-refractivity contribution in [2.75, 3.05) is 6.54 Å². The largest absolute Gasteiger partial charge is 0.480 e. The lowest BCUT2D eigenvalue weighted by atomic mass is 10.0. The Labute approximate surface area is 272 Å². The third-order valence-corrected chi connectivity index (χ3v) is 8.78. The summed E-state index contributed by atoms with van der Waals surface area (Å²) in [5.41, 5.74) is 0. The zero-order valence-corrected chi connectivity index (χ0v) is 29.3. The molecule has 0 aromatic heterocycles. The summed E-state index contributed by atoms with van der Waals surface area (Å²) in [5, 5.41) is 11.1. The minimum atomic E-state index is -1.01. The van der Waals surface area contributed by atoms with Crippen molar-refractivity contribution in [2.45, 2.75) is 219 Å².